The number of hydrogen-bond acceptors (Lipinski definition) is 3. The number of anilines is 1. The van der Waals surface area contributed by atoms with Gasteiger partial charge in [0.05, 0.1) is 10.6 Å². The van der Waals surface area contributed by atoms with Crippen molar-refractivity contribution in [3.63, 3.8) is 0 Å². The van der Waals surface area contributed by atoms with Crippen LogP contribution in [-0.4, -0.2) is 10.6 Å². The second kappa shape index (κ2) is 7.74. The minimum atomic E-state index is -4.71. The standard InChI is InChI=1S/C19H16F3NO2S2/c1-12-5-3-4-6-18(12)27(24)23-16-11-17(26-13(16)2)14-7-9-15(10-8-14)25-19(20,21)22/h3-11,23H,1-2H3. The van der Waals surface area contributed by atoms with E-state index in [-0.39, 0.29) is 5.75 Å². The Balaban J connectivity index is 1.78. The molecule has 0 saturated carbocycles. The summed E-state index contributed by atoms with van der Waals surface area (Å²) in [6.45, 7) is 3.79. The van der Waals surface area contributed by atoms with Gasteiger partial charge in [0.15, 0.2) is 11.0 Å². The van der Waals surface area contributed by atoms with E-state index < -0.39 is 17.3 Å². The van der Waals surface area contributed by atoms with Crippen LogP contribution < -0.4 is 9.46 Å². The van der Waals surface area contributed by atoms with Gasteiger partial charge in [-0.1, -0.05) is 18.2 Å². The fourth-order valence-electron chi connectivity index (χ4n) is 2.47. The smallest absolute Gasteiger partial charge is 0.406 e. The number of hydrogen-bond donors (Lipinski definition) is 1. The molecule has 0 radical (unpaired) electrons. The molecule has 1 atom stereocenters. The number of halogens is 3. The highest BCUT2D eigenvalue weighted by Crippen LogP contribution is 2.36. The molecule has 0 bridgehead atoms. The third-order valence-corrected chi connectivity index (χ3v) is 6.15. The predicted octanol–water partition coefficient (Wildman–Crippen LogP) is 6.07. The molecule has 3 rings (SSSR count). The van der Waals surface area contributed by atoms with Crippen molar-refractivity contribution in [3.8, 4) is 16.2 Å². The molecule has 0 fully saturated rings. The molecule has 27 heavy (non-hydrogen) atoms. The van der Waals surface area contributed by atoms with Crippen LogP contribution in [0.1, 0.15) is 10.4 Å². The third-order valence-electron chi connectivity index (χ3n) is 3.79. The first-order chi connectivity index (χ1) is 12.7. The summed E-state index contributed by atoms with van der Waals surface area (Å²) in [5, 5.41) is 0. The van der Waals surface area contributed by atoms with E-state index in [4.69, 9.17) is 0 Å². The molecule has 0 spiro atoms. The lowest BCUT2D eigenvalue weighted by Gasteiger charge is -2.08. The van der Waals surface area contributed by atoms with Gasteiger partial charge >= 0.3 is 6.36 Å². The maximum atomic E-state index is 12.6. The Labute approximate surface area is 161 Å². The zero-order valence-electron chi connectivity index (χ0n) is 14.5. The first-order valence-corrected chi connectivity index (χ1v) is 9.90. The van der Waals surface area contributed by atoms with Crippen molar-refractivity contribution in [2.24, 2.45) is 0 Å². The molecule has 8 heteroatoms. The van der Waals surface area contributed by atoms with Crippen molar-refractivity contribution in [1.29, 1.82) is 0 Å². The maximum Gasteiger partial charge on any atom is 0.573 e. The lowest BCUT2D eigenvalue weighted by molar-refractivity contribution is -0.274. The van der Waals surface area contributed by atoms with Crippen LogP contribution in [-0.2, 0) is 11.0 Å². The minimum Gasteiger partial charge on any atom is -0.406 e. The minimum absolute atomic E-state index is 0.265. The highest BCUT2D eigenvalue weighted by atomic mass is 32.2. The number of alkyl halides is 3. The number of aryl methyl sites for hydroxylation is 2. The molecule has 0 aliphatic heterocycles. The van der Waals surface area contributed by atoms with Gasteiger partial charge in [0.2, 0.25) is 0 Å². The Bertz CT molecular complexity index is 966. The molecule has 2 aromatic carbocycles. The van der Waals surface area contributed by atoms with E-state index in [2.05, 4.69) is 9.46 Å². The highest BCUT2D eigenvalue weighted by Gasteiger charge is 2.31. The van der Waals surface area contributed by atoms with Crippen LogP contribution in [0, 0.1) is 13.8 Å². The van der Waals surface area contributed by atoms with Gasteiger partial charge in [-0.15, -0.1) is 24.5 Å². The molecule has 0 saturated heterocycles. The van der Waals surface area contributed by atoms with Crippen LogP contribution in [0.3, 0.4) is 0 Å². The third kappa shape index (κ3) is 4.90. The first-order valence-electron chi connectivity index (χ1n) is 7.93. The Hall–Kier alpha value is -2.32. The van der Waals surface area contributed by atoms with Crippen LogP contribution in [0.5, 0.6) is 5.75 Å². The molecule has 0 aliphatic carbocycles. The van der Waals surface area contributed by atoms with Gasteiger partial charge in [0, 0.05) is 9.75 Å². The van der Waals surface area contributed by atoms with Gasteiger partial charge in [-0.05, 0) is 61.4 Å². The van der Waals surface area contributed by atoms with Crippen molar-refractivity contribution in [2.45, 2.75) is 25.1 Å². The van der Waals surface area contributed by atoms with Crippen molar-refractivity contribution in [3.05, 3.63) is 65.0 Å². The summed E-state index contributed by atoms with van der Waals surface area (Å²) in [5.41, 5.74) is 2.41. The van der Waals surface area contributed by atoms with Gasteiger partial charge in [0.25, 0.3) is 0 Å². The number of nitrogens with one attached hydrogen (secondary N) is 1. The first kappa shape index (κ1) is 19.4. The second-order valence-electron chi connectivity index (χ2n) is 5.79. The van der Waals surface area contributed by atoms with Crippen LogP contribution in [0.4, 0.5) is 18.9 Å². The quantitative estimate of drug-likeness (QED) is 0.554. The van der Waals surface area contributed by atoms with Crippen LogP contribution in [0.25, 0.3) is 10.4 Å². The van der Waals surface area contributed by atoms with Gasteiger partial charge in [0.1, 0.15) is 5.75 Å². The normalized spacial score (nSPS) is 12.6. The number of rotatable bonds is 5. The number of thiophene rings is 1. The van der Waals surface area contributed by atoms with Crippen LogP contribution in [0.15, 0.2) is 59.5 Å². The summed E-state index contributed by atoms with van der Waals surface area (Å²) in [5.74, 6) is -0.265. The highest BCUT2D eigenvalue weighted by molar-refractivity contribution is 7.86. The van der Waals surface area contributed by atoms with Crippen molar-refractivity contribution >= 4 is 28.0 Å². The average Bonchev–Trinajstić information content (AvgIpc) is 2.95. The Morgan fingerprint density at radius 3 is 2.33 bits per heavy atom. The van der Waals surface area contributed by atoms with Gasteiger partial charge in [-0.3, -0.25) is 0 Å². The molecule has 1 N–H and O–H groups in total. The van der Waals surface area contributed by atoms with Crippen molar-refractivity contribution in [1.82, 2.24) is 0 Å². The summed E-state index contributed by atoms with van der Waals surface area (Å²) >= 11 is 1.47. The van der Waals surface area contributed by atoms with Gasteiger partial charge < -0.3 is 9.46 Å². The van der Waals surface area contributed by atoms with Crippen molar-refractivity contribution < 1.29 is 22.1 Å². The van der Waals surface area contributed by atoms with E-state index >= 15 is 0 Å². The van der Waals surface area contributed by atoms with Crippen LogP contribution >= 0.6 is 11.3 Å². The molecule has 3 nitrogen and oxygen atoms in total. The monoisotopic (exact) mass is 411 g/mol. The van der Waals surface area contributed by atoms with Gasteiger partial charge in [-0.25, -0.2) is 4.21 Å². The van der Waals surface area contributed by atoms with E-state index in [0.717, 1.165) is 26.6 Å². The molecule has 0 amide bonds. The number of benzene rings is 2. The topological polar surface area (TPSA) is 38.3 Å². The SMILES string of the molecule is Cc1ccccc1S(=O)Nc1cc(-c2ccc(OC(F)(F)F)cc2)sc1C. The molecule has 1 heterocycles. The maximum absolute atomic E-state index is 12.6. The molecule has 142 valence electrons. The second-order valence-corrected chi connectivity index (χ2v) is 8.23. The summed E-state index contributed by atoms with van der Waals surface area (Å²) in [7, 11) is -1.40. The zero-order valence-corrected chi connectivity index (χ0v) is 16.1. The lowest BCUT2D eigenvalue weighted by atomic mass is 10.2. The van der Waals surface area contributed by atoms with Crippen molar-refractivity contribution in [2.75, 3.05) is 4.72 Å². The summed E-state index contributed by atoms with van der Waals surface area (Å²) in [4.78, 5) is 2.50. The van der Waals surface area contributed by atoms with Crippen LogP contribution in [0.2, 0.25) is 0 Å². The van der Waals surface area contributed by atoms with E-state index in [1.54, 1.807) is 18.2 Å². The predicted molar refractivity (Wildman–Crippen MR) is 102 cm³/mol. The van der Waals surface area contributed by atoms with Gasteiger partial charge in [-0.2, -0.15) is 0 Å². The lowest BCUT2D eigenvalue weighted by Crippen LogP contribution is -2.16. The number of ether oxygens (including phenoxy) is 1. The molecule has 1 unspecified atom stereocenters. The Morgan fingerprint density at radius 2 is 1.70 bits per heavy atom. The van der Waals surface area contributed by atoms with E-state index in [1.165, 1.54) is 23.5 Å². The molecular weight excluding hydrogens is 395 g/mol. The Morgan fingerprint density at radius 1 is 1.04 bits per heavy atom. The summed E-state index contributed by atoms with van der Waals surface area (Å²) in [6.07, 6.45) is -4.71. The molecule has 1 aromatic heterocycles. The summed E-state index contributed by atoms with van der Waals surface area (Å²) < 4.78 is 56.2. The zero-order chi connectivity index (χ0) is 19.6. The largest absolute Gasteiger partial charge is 0.573 e. The average molecular weight is 411 g/mol. The molecule has 3 aromatic rings. The fraction of sp³-hybridized carbons (Fsp3) is 0.158. The molecular formula is C19H16F3NO2S2. The Kier molecular flexibility index (Phi) is 5.57. The van der Waals surface area contributed by atoms with E-state index in [0.29, 0.717) is 4.90 Å². The van der Waals surface area contributed by atoms with E-state index in [1.807, 2.05) is 38.1 Å². The summed E-state index contributed by atoms with van der Waals surface area (Å²) in [6, 6.07) is 14.9. The fourth-order valence-corrected chi connectivity index (χ4v) is 4.60. The van der Waals surface area contributed by atoms with E-state index in [9.17, 15) is 17.4 Å². The molecule has 0 aliphatic rings.